The van der Waals surface area contributed by atoms with Crippen LogP contribution in [0.25, 0.3) is 5.69 Å². The number of benzene rings is 1. The van der Waals surface area contributed by atoms with Crippen molar-refractivity contribution in [2.24, 2.45) is 5.92 Å². The minimum absolute atomic E-state index is 0. The molecule has 1 saturated heterocycles. The van der Waals surface area contributed by atoms with Gasteiger partial charge in [0, 0.05) is 6.54 Å². The molecule has 26 heavy (non-hydrogen) atoms. The van der Waals surface area contributed by atoms with E-state index >= 15 is 0 Å². The number of hydrogen-bond donors (Lipinski definition) is 2. The first kappa shape index (κ1) is 20.4. The smallest absolute Gasteiger partial charge is 0.290 e. The maximum Gasteiger partial charge on any atom is 0.290 e. The van der Waals surface area contributed by atoms with Gasteiger partial charge in [-0.1, -0.05) is 32.0 Å². The van der Waals surface area contributed by atoms with Gasteiger partial charge < -0.3 is 10.6 Å². The summed E-state index contributed by atoms with van der Waals surface area (Å²) in [7, 11) is 0. The molecule has 0 radical (unpaired) electrons. The Labute approximate surface area is 161 Å². The zero-order valence-electron chi connectivity index (χ0n) is 15.7. The molecule has 0 aliphatic carbocycles. The van der Waals surface area contributed by atoms with Crippen molar-refractivity contribution in [2.75, 3.05) is 19.6 Å². The summed E-state index contributed by atoms with van der Waals surface area (Å²) in [5.74, 6) is 1.62. The number of para-hydroxylation sites is 1. The lowest BCUT2D eigenvalue weighted by Gasteiger charge is -2.22. The van der Waals surface area contributed by atoms with Crippen molar-refractivity contribution in [3.8, 4) is 5.69 Å². The molecule has 2 aromatic rings. The molecule has 1 fully saturated rings. The van der Waals surface area contributed by atoms with Crippen LogP contribution < -0.4 is 10.6 Å². The van der Waals surface area contributed by atoms with Crippen molar-refractivity contribution >= 4 is 18.3 Å². The number of nitrogens with one attached hydrogen (secondary N) is 2. The zero-order chi connectivity index (χ0) is 17.8. The number of nitrogens with zero attached hydrogens (tertiary/aromatic N) is 3. The molecule has 142 valence electrons. The molecular formula is C19H28ClN5O. The van der Waals surface area contributed by atoms with Crippen LogP contribution in [0.4, 0.5) is 0 Å². The molecule has 1 aromatic heterocycles. The van der Waals surface area contributed by atoms with Gasteiger partial charge in [0.2, 0.25) is 5.82 Å². The molecule has 1 aliphatic rings. The van der Waals surface area contributed by atoms with E-state index in [0.717, 1.165) is 31.0 Å². The van der Waals surface area contributed by atoms with Crippen molar-refractivity contribution in [3.05, 3.63) is 41.5 Å². The maximum atomic E-state index is 12.4. The average Bonchev–Trinajstić information content (AvgIpc) is 3.02. The Morgan fingerprint density at radius 1 is 1.38 bits per heavy atom. The predicted octanol–water partition coefficient (Wildman–Crippen LogP) is 2.85. The second-order valence-corrected chi connectivity index (χ2v) is 7.03. The Kier molecular flexibility index (Phi) is 7.17. The lowest BCUT2D eigenvalue weighted by Crippen LogP contribution is -2.38. The Morgan fingerprint density at radius 2 is 2.15 bits per heavy atom. The van der Waals surface area contributed by atoms with Crippen molar-refractivity contribution < 1.29 is 4.79 Å². The second kappa shape index (κ2) is 9.14. The Bertz CT molecular complexity index is 737. The predicted molar refractivity (Wildman–Crippen MR) is 105 cm³/mol. The molecule has 1 amide bonds. The van der Waals surface area contributed by atoms with E-state index in [4.69, 9.17) is 0 Å². The largest absolute Gasteiger partial charge is 0.349 e. The summed E-state index contributed by atoms with van der Waals surface area (Å²) < 4.78 is 1.77. The maximum absolute atomic E-state index is 12.4. The lowest BCUT2D eigenvalue weighted by atomic mass is 10.00. The highest BCUT2D eigenvalue weighted by molar-refractivity contribution is 5.90. The summed E-state index contributed by atoms with van der Waals surface area (Å²) in [6.07, 6.45) is 2.31. The molecule has 1 atom stereocenters. The third kappa shape index (κ3) is 4.62. The minimum Gasteiger partial charge on any atom is -0.349 e. The molecule has 0 saturated carbocycles. The van der Waals surface area contributed by atoms with Crippen LogP contribution in [-0.4, -0.2) is 40.3 Å². The van der Waals surface area contributed by atoms with Crippen LogP contribution in [0.5, 0.6) is 0 Å². The molecule has 3 rings (SSSR count). The summed E-state index contributed by atoms with van der Waals surface area (Å²) in [5, 5.41) is 10.8. The van der Waals surface area contributed by atoms with Crippen LogP contribution >= 0.6 is 12.4 Å². The molecule has 1 aliphatic heterocycles. The molecule has 0 bridgehead atoms. The zero-order valence-corrected chi connectivity index (χ0v) is 16.5. The topological polar surface area (TPSA) is 71.8 Å². The van der Waals surface area contributed by atoms with E-state index in [1.54, 1.807) is 4.68 Å². The van der Waals surface area contributed by atoms with Crippen LogP contribution in [-0.2, 0) is 0 Å². The van der Waals surface area contributed by atoms with Gasteiger partial charge in [-0.25, -0.2) is 9.67 Å². The quantitative estimate of drug-likeness (QED) is 0.840. The van der Waals surface area contributed by atoms with Gasteiger partial charge in [0.15, 0.2) is 0 Å². The number of hydrogen-bond acceptors (Lipinski definition) is 4. The fourth-order valence-electron chi connectivity index (χ4n) is 3.30. The van der Waals surface area contributed by atoms with Crippen molar-refractivity contribution in [1.29, 1.82) is 0 Å². The third-order valence-electron chi connectivity index (χ3n) is 4.71. The van der Waals surface area contributed by atoms with E-state index < -0.39 is 0 Å². The van der Waals surface area contributed by atoms with Crippen molar-refractivity contribution in [3.63, 3.8) is 0 Å². The fraction of sp³-hybridized carbons (Fsp3) is 0.526. The van der Waals surface area contributed by atoms with E-state index in [9.17, 15) is 4.79 Å². The van der Waals surface area contributed by atoms with Crippen LogP contribution in [0.15, 0.2) is 24.3 Å². The molecule has 1 aromatic carbocycles. The number of amides is 1. The molecule has 2 N–H and O–H groups in total. The first-order valence-corrected chi connectivity index (χ1v) is 9.08. The first-order valence-electron chi connectivity index (χ1n) is 9.08. The van der Waals surface area contributed by atoms with Gasteiger partial charge in [0.05, 0.1) is 5.69 Å². The number of halogens is 1. The minimum atomic E-state index is -0.200. The van der Waals surface area contributed by atoms with Gasteiger partial charge in [-0.3, -0.25) is 4.79 Å². The molecular weight excluding hydrogens is 350 g/mol. The first-order chi connectivity index (χ1) is 12.1. The SMILES string of the molecule is Cc1nc(C(=O)NCC2CCCNC2)nn1-c1ccccc1C(C)C.Cl. The summed E-state index contributed by atoms with van der Waals surface area (Å²) in [6, 6.07) is 8.12. The van der Waals surface area contributed by atoms with Gasteiger partial charge in [0.1, 0.15) is 5.82 Å². The van der Waals surface area contributed by atoms with Gasteiger partial charge in [-0.05, 0) is 56.3 Å². The molecule has 6 nitrogen and oxygen atoms in total. The van der Waals surface area contributed by atoms with E-state index in [-0.39, 0.29) is 24.1 Å². The van der Waals surface area contributed by atoms with E-state index in [1.807, 2.05) is 25.1 Å². The Hall–Kier alpha value is -1.92. The van der Waals surface area contributed by atoms with Crippen molar-refractivity contribution in [1.82, 2.24) is 25.4 Å². The average molecular weight is 378 g/mol. The van der Waals surface area contributed by atoms with Crippen molar-refractivity contribution in [2.45, 2.75) is 39.5 Å². The number of carbonyl (C=O) groups is 1. The highest BCUT2D eigenvalue weighted by Gasteiger charge is 2.19. The molecule has 0 spiro atoms. The number of rotatable bonds is 5. The van der Waals surface area contributed by atoms with Gasteiger partial charge >= 0.3 is 0 Å². The highest BCUT2D eigenvalue weighted by atomic mass is 35.5. The van der Waals surface area contributed by atoms with Gasteiger partial charge in [-0.15, -0.1) is 17.5 Å². The van der Waals surface area contributed by atoms with Gasteiger partial charge in [-0.2, -0.15) is 0 Å². The van der Waals surface area contributed by atoms with Crippen LogP contribution in [0.1, 0.15) is 54.6 Å². The number of carbonyl (C=O) groups excluding carboxylic acids is 1. The lowest BCUT2D eigenvalue weighted by molar-refractivity contribution is 0.0934. The second-order valence-electron chi connectivity index (χ2n) is 7.03. The molecule has 7 heteroatoms. The monoisotopic (exact) mass is 377 g/mol. The summed E-state index contributed by atoms with van der Waals surface area (Å²) >= 11 is 0. The van der Waals surface area contributed by atoms with Crippen LogP contribution in [0.3, 0.4) is 0 Å². The van der Waals surface area contributed by atoms with E-state index in [0.29, 0.717) is 18.4 Å². The normalized spacial score (nSPS) is 17.0. The fourth-order valence-corrected chi connectivity index (χ4v) is 3.30. The number of aromatic nitrogens is 3. The standard InChI is InChI=1S/C19H27N5O.ClH/c1-13(2)16-8-4-5-9-17(16)24-14(3)22-18(23-24)19(25)21-12-15-7-6-10-20-11-15;/h4-5,8-9,13,15,20H,6-7,10-12H2,1-3H3,(H,21,25);1H. The Morgan fingerprint density at radius 3 is 2.85 bits per heavy atom. The van der Waals surface area contributed by atoms with Crippen LogP contribution in [0, 0.1) is 12.8 Å². The Balaban J connectivity index is 0.00000243. The van der Waals surface area contributed by atoms with E-state index in [1.165, 1.54) is 12.0 Å². The molecule has 2 heterocycles. The summed E-state index contributed by atoms with van der Waals surface area (Å²) in [4.78, 5) is 16.8. The summed E-state index contributed by atoms with van der Waals surface area (Å²) in [5.41, 5.74) is 2.17. The van der Waals surface area contributed by atoms with Crippen LogP contribution in [0.2, 0.25) is 0 Å². The highest BCUT2D eigenvalue weighted by Crippen LogP contribution is 2.23. The number of aryl methyl sites for hydroxylation is 1. The van der Waals surface area contributed by atoms with E-state index in [2.05, 4.69) is 40.6 Å². The van der Waals surface area contributed by atoms with Gasteiger partial charge in [0.25, 0.3) is 5.91 Å². The summed E-state index contributed by atoms with van der Waals surface area (Å²) in [6.45, 7) is 8.88. The number of piperidine rings is 1. The third-order valence-corrected chi connectivity index (χ3v) is 4.71. The molecule has 1 unspecified atom stereocenters.